The first kappa shape index (κ1) is 13.2. The number of nitrogens with one attached hydrogen (secondary N) is 2. The molecule has 1 atom stereocenters. The number of piperidine rings is 1. The highest BCUT2D eigenvalue weighted by Gasteiger charge is 2.35. The van der Waals surface area contributed by atoms with Crippen molar-refractivity contribution in [1.82, 2.24) is 15.2 Å². The minimum Gasteiger partial charge on any atom is -0.356 e. The normalized spacial score (nSPS) is 23.3. The van der Waals surface area contributed by atoms with Gasteiger partial charge in [-0.25, -0.2) is 0 Å². The van der Waals surface area contributed by atoms with Crippen molar-refractivity contribution < 1.29 is 4.79 Å². The summed E-state index contributed by atoms with van der Waals surface area (Å²) in [5, 5.41) is 3.43. The molecule has 2 N–H and O–H groups in total. The molecule has 0 bridgehead atoms. The van der Waals surface area contributed by atoms with Crippen LogP contribution in [0.3, 0.4) is 0 Å². The van der Waals surface area contributed by atoms with E-state index in [2.05, 4.69) is 31.1 Å². The Labute approximate surface area is 122 Å². The van der Waals surface area contributed by atoms with Crippen LogP contribution in [0, 0.1) is 5.92 Å². The first-order valence-corrected chi connectivity index (χ1v) is 7.89. The molecule has 5 heteroatoms. The third kappa shape index (κ3) is 3.20. The van der Waals surface area contributed by atoms with Crippen molar-refractivity contribution in [3.05, 3.63) is 22.4 Å². The number of aromatic amines is 1. The molecule has 1 aliphatic heterocycles. The average molecular weight is 326 g/mol. The fraction of sp³-hybridized carbons (Fsp3) is 0.643. The standard InChI is InChI=1S/C14H20BrN3O/c15-11-6-13(17-8-11)14(19)18(12-3-4-12)9-10-2-1-5-16-7-10/h6,8,10,12,16-17H,1-5,7,9H2. The molecule has 1 saturated heterocycles. The lowest BCUT2D eigenvalue weighted by Gasteiger charge is -2.30. The first-order chi connectivity index (χ1) is 9.24. The zero-order valence-electron chi connectivity index (χ0n) is 11.0. The number of amides is 1. The van der Waals surface area contributed by atoms with Crippen LogP contribution in [0.1, 0.15) is 36.2 Å². The summed E-state index contributed by atoms with van der Waals surface area (Å²) in [7, 11) is 0. The fourth-order valence-corrected chi connectivity index (χ4v) is 3.13. The molecular formula is C14H20BrN3O. The number of carbonyl (C=O) groups excluding carboxylic acids is 1. The summed E-state index contributed by atoms with van der Waals surface area (Å²) < 4.78 is 0.936. The van der Waals surface area contributed by atoms with E-state index < -0.39 is 0 Å². The number of hydrogen-bond acceptors (Lipinski definition) is 2. The molecular weight excluding hydrogens is 306 g/mol. The minimum atomic E-state index is 0.152. The van der Waals surface area contributed by atoms with Crippen LogP contribution in [0.15, 0.2) is 16.7 Å². The van der Waals surface area contributed by atoms with Crippen molar-refractivity contribution in [2.24, 2.45) is 5.92 Å². The number of rotatable bonds is 4. The molecule has 2 fully saturated rings. The average Bonchev–Trinajstić information content (AvgIpc) is 3.18. The Morgan fingerprint density at radius 3 is 2.84 bits per heavy atom. The largest absolute Gasteiger partial charge is 0.356 e. The smallest absolute Gasteiger partial charge is 0.270 e. The van der Waals surface area contributed by atoms with E-state index in [1.807, 2.05) is 12.3 Å². The Kier molecular flexibility index (Phi) is 3.93. The molecule has 0 spiro atoms. The maximum Gasteiger partial charge on any atom is 0.270 e. The van der Waals surface area contributed by atoms with E-state index in [1.54, 1.807) is 0 Å². The topological polar surface area (TPSA) is 48.1 Å². The van der Waals surface area contributed by atoms with Crippen molar-refractivity contribution in [2.75, 3.05) is 19.6 Å². The molecule has 3 rings (SSSR count). The second-order valence-corrected chi connectivity index (χ2v) is 6.55. The molecule has 0 aromatic carbocycles. The minimum absolute atomic E-state index is 0.152. The molecule has 1 amide bonds. The highest BCUT2D eigenvalue weighted by atomic mass is 79.9. The number of nitrogens with zero attached hydrogens (tertiary/aromatic N) is 1. The summed E-state index contributed by atoms with van der Waals surface area (Å²) in [6, 6.07) is 2.34. The lowest BCUT2D eigenvalue weighted by atomic mass is 9.99. The zero-order valence-corrected chi connectivity index (χ0v) is 12.6. The molecule has 4 nitrogen and oxygen atoms in total. The summed E-state index contributed by atoms with van der Waals surface area (Å²) in [6.07, 6.45) is 6.60. The predicted octanol–water partition coefficient (Wildman–Crippen LogP) is 2.38. The summed E-state index contributed by atoms with van der Waals surface area (Å²) in [5.41, 5.74) is 0.697. The molecule has 19 heavy (non-hydrogen) atoms. The molecule has 1 aromatic heterocycles. The van der Waals surface area contributed by atoms with Gasteiger partial charge in [-0.1, -0.05) is 0 Å². The van der Waals surface area contributed by atoms with E-state index in [-0.39, 0.29) is 5.91 Å². The van der Waals surface area contributed by atoms with Crippen LogP contribution in [0.2, 0.25) is 0 Å². The molecule has 104 valence electrons. The van der Waals surface area contributed by atoms with E-state index in [9.17, 15) is 4.79 Å². The summed E-state index contributed by atoms with van der Waals surface area (Å²) in [6.45, 7) is 3.06. The van der Waals surface area contributed by atoms with Gasteiger partial charge < -0.3 is 15.2 Å². The van der Waals surface area contributed by atoms with E-state index in [0.717, 1.165) is 36.9 Å². The van der Waals surface area contributed by atoms with Crippen molar-refractivity contribution in [1.29, 1.82) is 0 Å². The van der Waals surface area contributed by atoms with Crippen molar-refractivity contribution in [3.8, 4) is 0 Å². The van der Waals surface area contributed by atoms with Crippen LogP contribution in [-0.2, 0) is 0 Å². The number of halogens is 1. The summed E-state index contributed by atoms with van der Waals surface area (Å²) in [5.74, 6) is 0.760. The van der Waals surface area contributed by atoms with Gasteiger partial charge in [0, 0.05) is 23.3 Å². The maximum absolute atomic E-state index is 12.6. The summed E-state index contributed by atoms with van der Waals surface area (Å²) >= 11 is 3.39. The summed E-state index contributed by atoms with van der Waals surface area (Å²) in [4.78, 5) is 17.7. The molecule has 0 radical (unpaired) electrons. The molecule has 2 aliphatic rings. The Morgan fingerprint density at radius 1 is 1.42 bits per heavy atom. The van der Waals surface area contributed by atoms with Gasteiger partial charge in [0.15, 0.2) is 0 Å². The second kappa shape index (κ2) is 5.67. The van der Waals surface area contributed by atoms with Crippen molar-refractivity contribution >= 4 is 21.8 Å². The van der Waals surface area contributed by atoms with Crippen molar-refractivity contribution in [3.63, 3.8) is 0 Å². The molecule has 1 aliphatic carbocycles. The Balaban J connectivity index is 1.68. The van der Waals surface area contributed by atoms with Gasteiger partial charge in [-0.3, -0.25) is 4.79 Å². The first-order valence-electron chi connectivity index (χ1n) is 7.09. The van der Waals surface area contributed by atoms with Gasteiger partial charge in [0.1, 0.15) is 5.69 Å². The van der Waals surface area contributed by atoms with E-state index in [0.29, 0.717) is 17.7 Å². The van der Waals surface area contributed by atoms with Gasteiger partial charge in [0.05, 0.1) is 0 Å². The Bertz CT molecular complexity index is 449. The number of hydrogen-bond donors (Lipinski definition) is 2. The van der Waals surface area contributed by atoms with Crippen LogP contribution < -0.4 is 5.32 Å². The third-order valence-corrected chi connectivity index (χ3v) is 4.44. The Hall–Kier alpha value is -0.810. The quantitative estimate of drug-likeness (QED) is 0.892. The Morgan fingerprint density at radius 2 is 2.26 bits per heavy atom. The number of carbonyl (C=O) groups is 1. The van der Waals surface area contributed by atoms with Crippen molar-refractivity contribution in [2.45, 2.75) is 31.7 Å². The monoisotopic (exact) mass is 325 g/mol. The van der Waals surface area contributed by atoms with E-state index >= 15 is 0 Å². The highest BCUT2D eigenvalue weighted by molar-refractivity contribution is 9.10. The lowest BCUT2D eigenvalue weighted by molar-refractivity contribution is 0.0699. The van der Waals surface area contributed by atoms with Crippen LogP contribution in [0.4, 0.5) is 0 Å². The lowest BCUT2D eigenvalue weighted by Crippen LogP contribution is -2.42. The molecule has 1 unspecified atom stereocenters. The zero-order chi connectivity index (χ0) is 13.2. The van der Waals surface area contributed by atoms with Crippen LogP contribution in [0.25, 0.3) is 0 Å². The molecule has 1 aromatic rings. The molecule has 2 heterocycles. The molecule has 1 saturated carbocycles. The SMILES string of the molecule is O=C(c1cc(Br)c[nH]1)N(CC1CCCNC1)C1CC1. The van der Waals surface area contributed by atoms with Crippen LogP contribution in [-0.4, -0.2) is 41.5 Å². The maximum atomic E-state index is 12.6. The number of aromatic nitrogens is 1. The predicted molar refractivity (Wildman–Crippen MR) is 78.1 cm³/mol. The van der Waals surface area contributed by atoms with Crippen LogP contribution in [0.5, 0.6) is 0 Å². The highest BCUT2D eigenvalue weighted by Crippen LogP contribution is 2.30. The van der Waals surface area contributed by atoms with Gasteiger partial charge >= 0.3 is 0 Å². The van der Waals surface area contributed by atoms with Gasteiger partial charge in [0.2, 0.25) is 0 Å². The van der Waals surface area contributed by atoms with Gasteiger partial charge in [0.25, 0.3) is 5.91 Å². The second-order valence-electron chi connectivity index (χ2n) is 5.63. The van der Waals surface area contributed by atoms with E-state index in [1.165, 1.54) is 12.8 Å². The third-order valence-electron chi connectivity index (χ3n) is 3.98. The van der Waals surface area contributed by atoms with Gasteiger partial charge in [-0.05, 0) is 66.7 Å². The van der Waals surface area contributed by atoms with Crippen LogP contribution >= 0.6 is 15.9 Å². The van der Waals surface area contributed by atoms with Gasteiger partial charge in [-0.15, -0.1) is 0 Å². The fourth-order valence-electron chi connectivity index (χ4n) is 2.79. The number of H-pyrrole nitrogens is 1. The van der Waals surface area contributed by atoms with E-state index in [4.69, 9.17) is 0 Å². The van der Waals surface area contributed by atoms with Gasteiger partial charge in [-0.2, -0.15) is 0 Å².